The first-order valence-electron chi connectivity index (χ1n) is 7.17. The van der Waals surface area contributed by atoms with Crippen LogP contribution >= 0.6 is 0 Å². The molecule has 1 N–H and O–H groups in total. The fourth-order valence-electron chi connectivity index (χ4n) is 2.66. The van der Waals surface area contributed by atoms with Crippen molar-refractivity contribution in [3.05, 3.63) is 42.2 Å². The fourth-order valence-corrected chi connectivity index (χ4v) is 2.66. The van der Waals surface area contributed by atoms with E-state index in [0.29, 0.717) is 0 Å². The summed E-state index contributed by atoms with van der Waals surface area (Å²) < 4.78 is 0. The molecule has 1 aromatic heterocycles. The fraction of sp³-hybridized carbons (Fsp3) is 0.467. The van der Waals surface area contributed by atoms with Gasteiger partial charge in [-0.15, -0.1) is 0 Å². The largest absolute Gasteiger partial charge is 0.311 e. The molecule has 5 nitrogen and oxygen atoms in total. The van der Waals surface area contributed by atoms with Gasteiger partial charge in [0.15, 0.2) is 0 Å². The van der Waals surface area contributed by atoms with Gasteiger partial charge in [0.05, 0.1) is 17.6 Å². The molecule has 0 radical (unpaired) electrons. The second-order valence-electron chi connectivity index (χ2n) is 5.51. The van der Waals surface area contributed by atoms with Crippen LogP contribution in [0.2, 0.25) is 0 Å². The van der Waals surface area contributed by atoms with E-state index in [4.69, 9.17) is 0 Å². The van der Waals surface area contributed by atoms with Crippen LogP contribution in [0.25, 0.3) is 5.69 Å². The van der Waals surface area contributed by atoms with Crippen LogP contribution in [0, 0.1) is 5.92 Å². The first kappa shape index (κ1) is 13.3. The van der Waals surface area contributed by atoms with Gasteiger partial charge in [-0.2, -0.15) is 15.0 Å². The molecule has 1 unspecified atom stereocenters. The van der Waals surface area contributed by atoms with Crippen molar-refractivity contribution in [1.29, 1.82) is 0 Å². The molecule has 0 aliphatic carbocycles. The number of benzene rings is 1. The molecule has 0 amide bonds. The Hall–Kier alpha value is -1.72. The first-order chi connectivity index (χ1) is 9.81. The molecule has 2 heterocycles. The van der Waals surface area contributed by atoms with Crippen molar-refractivity contribution in [2.45, 2.75) is 13.0 Å². The molecule has 2 aromatic rings. The number of nitrogens with one attached hydrogen (secondary N) is 1. The highest BCUT2D eigenvalue weighted by atomic mass is 15.5. The summed E-state index contributed by atoms with van der Waals surface area (Å²) in [6, 6.07) is 9.99. The highest BCUT2D eigenvalue weighted by Crippen LogP contribution is 2.13. The van der Waals surface area contributed by atoms with Gasteiger partial charge in [-0.1, -0.05) is 18.2 Å². The maximum Gasteiger partial charge on any atom is 0.0969 e. The molecule has 1 aromatic carbocycles. The van der Waals surface area contributed by atoms with E-state index < -0.39 is 0 Å². The van der Waals surface area contributed by atoms with E-state index in [-0.39, 0.29) is 0 Å². The number of likely N-dealkylation sites (tertiary alicyclic amines) is 1. The molecule has 1 saturated heterocycles. The SMILES string of the molecule is CN1CCC(CNCc2cnn(-c3ccccc3)n2)C1. The van der Waals surface area contributed by atoms with Gasteiger partial charge >= 0.3 is 0 Å². The molecular formula is C15H21N5. The van der Waals surface area contributed by atoms with Crippen molar-refractivity contribution < 1.29 is 0 Å². The van der Waals surface area contributed by atoms with Crippen LogP contribution in [0.3, 0.4) is 0 Å². The van der Waals surface area contributed by atoms with Crippen molar-refractivity contribution in [1.82, 2.24) is 25.2 Å². The van der Waals surface area contributed by atoms with Crippen LogP contribution in [0.1, 0.15) is 12.1 Å². The smallest absolute Gasteiger partial charge is 0.0969 e. The highest BCUT2D eigenvalue weighted by molar-refractivity contribution is 5.28. The van der Waals surface area contributed by atoms with Crippen molar-refractivity contribution in [3.63, 3.8) is 0 Å². The summed E-state index contributed by atoms with van der Waals surface area (Å²) in [6.07, 6.45) is 3.13. The van der Waals surface area contributed by atoms with E-state index in [2.05, 4.69) is 27.5 Å². The first-order valence-corrected chi connectivity index (χ1v) is 7.17. The lowest BCUT2D eigenvalue weighted by Gasteiger charge is -2.10. The molecular weight excluding hydrogens is 250 g/mol. The molecule has 0 bridgehead atoms. The summed E-state index contributed by atoms with van der Waals surface area (Å²) in [5.41, 5.74) is 1.98. The van der Waals surface area contributed by atoms with E-state index in [0.717, 1.165) is 30.4 Å². The number of hydrogen-bond donors (Lipinski definition) is 1. The van der Waals surface area contributed by atoms with E-state index in [1.54, 1.807) is 4.80 Å². The van der Waals surface area contributed by atoms with Crippen LogP contribution in [0.5, 0.6) is 0 Å². The minimum absolute atomic E-state index is 0.768. The third-order valence-electron chi connectivity index (χ3n) is 3.75. The van der Waals surface area contributed by atoms with E-state index in [9.17, 15) is 0 Å². The summed E-state index contributed by atoms with van der Waals surface area (Å²) in [5.74, 6) is 0.768. The van der Waals surface area contributed by atoms with E-state index >= 15 is 0 Å². The summed E-state index contributed by atoms with van der Waals surface area (Å²) in [6.45, 7) is 4.26. The molecule has 1 atom stereocenters. The topological polar surface area (TPSA) is 46.0 Å². The molecule has 5 heteroatoms. The van der Waals surface area contributed by atoms with Gasteiger partial charge in [-0.3, -0.25) is 0 Å². The number of rotatable bonds is 5. The van der Waals surface area contributed by atoms with Gasteiger partial charge in [-0.25, -0.2) is 0 Å². The monoisotopic (exact) mass is 271 g/mol. The quantitative estimate of drug-likeness (QED) is 0.890. The van der Waals surface area contributed by atoms with Crippen LogP contribution in [-0.4, -0.2) is 46.6 Å². The Morgan fingerprint density at radius 2 is 2.15 bits per heavy atom. The van der Waals surface area contributed by atoms with E-state index in [1.807, 2.05) is 36.5 Å². The zero-order valence-corrected chi connectivity index (χ0v) is 11.9. The standard InChI is InChI=1S/C15H21N5/c1-19-8-7-13(12-19)9-16-10-14-11-17-20(18-14)15-5-3-2-4-6-15/h2-6,11,13,16H,7-10,12H2,1H3. The maximum atomic E-state index is 4.49. The van der Waals surface area contributed by atoms with Crippen LogP contribution in [0.4, 0.5) is 0 Å². The third-order valence-corrected chi connectivity index (χ3v) is 3.75. The van der Waals surface area contributed by atoms with Crippen molar-refractivity contribution in [3.8, 4) is 5.69 Å². The molecule has 106 valence electrons. The van der Waals surface area contributed by atoms with Gasteiger partial charge in [0.2, 0.25) is 0 Å². The summed E-state index contributed by atoms with van der Waals surface area (Å²) in [5, 5.41) is 12.3. The van der Waals surface area contributed by atoms with Crippen molar-refractivity contribution in [2.75, 3.05) is 26.7 Å². The third kappa shape index (κ3) is 3.23. The Labute approximate surface area is 119 Å². The second kappa shape index (κ2) is 6.15. The summed E-state index contributed by atoms with van der Waals surface area (Å²) in [4.78, 5) is 4.07. The minimum atomic E-state index is 0.768. The Kier molecular flexibility index (Phi) is 4.08. The number of hydrogen-bond acceptors (Lipinski definition) is 4. The van der Waals surface area contributed by atoms with Crippen LogP contribution in [-0.2, 0) is 6.54 Å². The predicted molar refractivity (Wildman–Crippen MR) is 78.7 cm³/mol. The predicted octanol–water partition coefficient (Wildman–Crippen LogP) is 1.31. The zero-order chi connectivity index (χ0) is 13.8. The average molecular weight is 271 g/mol. The molecule has 3 rings (SSSR count). The van der Waals surface area contributed by atoms with Crippen LogP contribution < -0.4 is 5.32 Å². The van der Waals surface area contributed by atoms with Gasteiger partial charge < -0.3 is 10.2 Å². The van der Waals surface area contributed by atoms with E-state index in [1.165, 1.54) is 19.5 Å². The van der Waals surface area contributed by atoms with Crippen molar-refractivity contribution in [2.24, 2.45) is 5.92 Å². The van der Waals surface area contributed by atoms with Crippen LogP contribution in [0.15, 0.2) is 36.5 Å². The highest BCUT2D eigenvalue weighted by Gasteiger charge is 2.18. The lowest BCUT2D eigenvalue weighted by atomic mass is 10.1. The minimum Gasteiger partial charge on any atom is -0.311 e. The summed E-state index contributed by atoms with van der Waals surface area (Å²) in [7, 11) is 2.19. The van der Waals surface area contributed by atoms with Gasteiger partial charge in [-0.05, 0) is 44.6 Å². The zero-order valence-electron chi connectivity index (χ0n) is 11.9. The Balaban J connectivity index is 1.50. The van der Waals surface area contributed by atoms with Crippen molar-refractivity contribution >= 4 is 0 Å². The maximum absolute atomic E-state index is 4.49. The molecule has 1 fully saturated rings. The summed E-state index contributed by atoms with van der Waals surface area (Å²) >= 11 is 0. The molecule has 0 spiro atoms. The Morgan fingerprint density at radius 1 is 1.30 bits per heavy atom. The molecule has 1 aliphatic rings. The van der Waals surface area contributed by atoms with Gasteiger partial charge in [0.25, 0.3) is 0 Å². The number of aromatic nitrogens is 3. The van der Waals surface area contributed by atoms with Gasteiger partial charge in [0, 0.05) is 13.1 Å². The number of nitrogens with zero attached hydrogens (tertiary/aromatic N) is 4. The Morgan fingerprint density at radius 3 is 2.90 bits per heavy atom. The second-order valence-corrected chi connectivity index (χ2v) is 5.51. The Bertz CT molecular complexity index is 536. The average Bonchev–Trinajstić information content (AvgIpc) is 3.09. The molecule has 0 saturated carbocycles. The normalized spacial score (nSPS) is 19.6. The molecule has 1 aliphatic heterocycles. The molecule has 20 heavy (non-hydrogen) atoms. The lowest BCUT2D eigenvalue weighted by Crippen LogP contribution is -2.24. The van der Waals surface area contributed by atoms with Gasteiger partial charge in [0.1, 0.15) is 0 Å². The lowest BCUT2D eigenvalue weighted by molar-refractivity contribution is 0.388. The number of para-hydroxylation sites is 1.